The van der Waals surface area contributed by atoms with Gasteiger partial charge in [0, 0.05) is 11.5 Å². The summed E-state index contributed by atoms with van der Waals surface area (Å²) in [4.78, 5) is 0. The Morgan fingerprint density at radius 3 is 2.82 bits per heavy atom. The lowest BCUT2D eigenvalue weighted by Crippen LogP contribution is -2.21. The zero-order valence-electron chi connectivity index (χ0n) is 7.00. The molecule has 0 amide bonds. The Morgan fingerprint density at radius 1 is 1.64 bits per heavy atom. The Morgan fingerprint density at radius 2 is 2.36 bits per heavy atom. The minimum Gasteiger partial charge on any atom is -0.364 e. The quantitative estimate of drug-likeness (QED) is 0.714. The Bertz CT molecular complexity index is 204. The molecule has 3 heteroatoms. The molecule has 0 saturated carbocycles. The van der Waals surface area contributed by atoms with Crippen molar-refractivity contribution in [2.45, 2.75) is 25.7 Å². The van der Waals surface area contributed by atoms with Crippen LogP contribution in [0.1, 0.15) is 26.0 Å². The first kappa shape index (κ1) is 8.27. The molecule has 0 radical (unpaired) electrons. The fourth-order valence-electron chi connectivity index (χ4n) is 1.05. The normalized spacial score (nSPS) is 11.9. The molecule has 0 aliphatic heterocycles. The first-order chi connectivity index (χ1) is 5.17. The predicted molar refractivity (Wildman–Crippen MR) is 43.2 cm³/mol. The smallest absolute Gasteiger partial charge is 0.124 e. The zero-order chi connectivity index (χ0) is 8.32. The minimum absolute atomic E-state index is 0.0434. The van der Waals surface area contributed by atoms with E-state index in [4.69, 9.17) is 10.3 Å². The maximum Gasteiger partial charge on any atom is 0.124 e. The van der Waals surface area contributed by atoms with Crippen molar-refractivity contribution in [1.82, 2.24) is 5.16 Å². The summed E-state index contributed by atoms with van der Waals surface area (Å²) in [5, 5.41) is 3.88. The van der Waals surface area contributed by atoms with Crippen molar-refractivity contribution in [3.05, 3.63) is 18.0 Å². The van der Waals surface area contributed by atoms with Crippen molar-refractivity contribution in [1.29, 1.82) is 0 Å². The molecule has 0 fully saturated rings. The lowest BCUT2D eigenvalue weighted by Gasteiger charge is -2.19. The van der Waals surface area contributed by atoms with Gasteiger partial charge in [-0.2, -0.15) is 0 Å². The van der Waals surface area contributed by atoms with Gasteiger partial charge in [0.15, 0.2) is 0 Å². The highest BCUT2D eigenvalue weighted by Crippen LogP contribution is 2.24. The van der Waals surface area contributed by atoms with Crippen LogP contribution in [0.4, 0.5) is 0 Å². The number of aromatic nitrogens is 1. The van der Waals surface area contributed by atoms with Gasteiger partial charge < -0.3 is 10.3 Å². The van der Waals surface area contributed by atoms with Gasteiger partial charge in [0.25, 0.3) is 0 Å². The fraction of sp³-hybridized carbons (Fsp3) is 0.625. The van der Waals surface area contributed by atoms with Gasteiger partial charge in [-0.3, -0.25) is 0 Å². The van der Waals surface area contributed by atoms with Gasteiger partial charge in [0.2, 0.25) is 0 Å². The number of hydrogen-bond acceptors (Lipinski definition) is 3. The average molecular weight is 154 g/mol. The Hall–Kier alpha value is -0.830. The first-order valence-corrected chi connectivity index (χ1v) is 3.78. The summed E-state index contributed by atoms with van der Waals surface area (Å²) in [6.07, 6.45) is 2.52. The summed E-state index contributed by atoms with van der Waals surface area (Å²) in [5.41, 5.74) is 6.48. The van der Waals surface area contributed by atoms with Gasteiger partial charge in [0.05, 0.1) is 5.69 Å². The molecule has 0 spiro atoms. The molecular weight excluding hydrogens is 140 g/mol. The highest BCUT2D eigenvalue weighted by Gasteiger charge is 2.21. The highest BCUT2D eigenvalue weighted by atomic mass is 16.5. The Balaban J connectivity index is 2.73. The van der Waals surface area contributed by atoms with E-state index in [2.05, 4.69) is 19.0 Å². The molecular formula is C8H14N2O. The van der Waals surface area contributed by atoms with Crippen LogP contribution in [-0.2, 0) is 5.41 Å². The molecule has 3 nitrogen and oxygen atoms in total. The molecule has 0 saturated heterocycles. The van der Waals surface area contributed by atoms with Gasteiger partial charge in [-0.15, -0.1) is 0 Å². The molecule has 1 aromatic heterocycles. The maximum atomic E-state index is 5.46. The van der Waals surface area contributed by atoms with Gasteiger partial charge in [0.1, 0.15) is 6.26 Å². The van der Waals surface area contributed by atoms with Crippen LogP contribution < -0.4 is 5.73 Å². The van der Waals surface area contributed by atoms with Gasteiger partial charge >= 0.3 is 0 Å². The molecule has 2 N–H and O–H groups in total. The van der Waals surface area contributed by atoms with Crippen LogP contribution in [0.15, 0.2) is 16.9 Å². The van der Waals surface area contributed by atoms with Crippen LogP contribution in [0.3, 0.4) is 0 Å². The van der Waals surface area contributed by atoms with Crippen LogP contribution in [0, 0.1) is 0 Å². The zero-order valence-corrected chi connectivity index (χ0v) is 7.00. The second-order valence-corrected chi connectivity index (χ2v) is 3.31. The van der Waals surface area contributed by atoms with Crippen LogP contribution in [-0.4, -0.2) is 11.7 Å². The molecule has 11 heavy (non-hydrogen) atoms. The van der Waals surface area contributed by atoms with Gasteiger partial charge in [-0.25, -0.2) is 0 Å². The van der Waals surface area contributed by atoms with Crippen molar-refractivity contribution in [2.24, 2.45) is 5.73 Å². The Kier molecular flexibility index (Phi) is 2.29. The highest BCUT2D eigenvalue weighted by molar-refractivity contribution is 5.09. The Labute approximate surface area is 66.6 Å². The number of nitrogens with two attached hydrogens (primary N) is 1. The fourth-order valence-corrected chi connectivity index (χ4v) is 1.05. The third-order valence-corrected chi connectivity index (χ3v) is 1.90. The van der Waals surface area contributed by atoms with Crippen LogP contribution in [0.5, 0.6) is 0 Å². The summed E-state index contributed by atoms with van der Waals surface area (Å²) in [5.74, 6) is 0. The summed E-state index contributed by atoms with van der Waals surface area (Å²) >= 11 is 0. The summed E-state index contributed by atoms with van der Waals surface area (Å²) in [6.45, 7) is 4.90. The van der Waals surface area contributed by atoms with E-state index in [0.717, 1.165) is 12.1 Å². The van der Waals surface area contributed by atoms with Crippen LogP contribution in [0.2, 0.25) is 0 Å². The van der Waals surface area contributed by atoms with Crippen molar-refractivity contribution >= 4 is 0 Å². The summed E-state index contributed by atoms with van der Waals surface area (Å²) in [6, 6.07) is 1.88. The monoisotopic (exact) mass is 154 g/mol. The molecule has 0 bridgehead atoms. The standard InChI is InChI=1S/C8H14N2O/c1-8(2,4-5-9)7-3-6-11-10-7/h3,6H,4-5,9H2,1-2H3. The van der Waals surface area contributed by atoms with Gasteiger partial charge in [-0.05, 0) is 13.0 Å². The van der Waals surface area contributed by atoms with Crippen molar-refractivity contribution in [3.63, 3.8) is 0 Å². The molecule has 0 aliphatic rings. The summed E-state index contributed by atoms with van der Waals surface area (Å²) in [7, 11) is 0. The van der Waals surface area contributed by atoms with E-state index in [1.165, 1.54) is 0 Å². The predicted octanol–water partition coefficient (Wildman–Crippen LogP) is 1.30. The number of hydrogen-bond donors (Lipinski definition) is 1. The molecule has 1 aromatic rings. The third kappa shape index (κ3) is 1.80. The minimum atomic E-state index is 0.0434. The topological polar surface area (TPSA) is 52.0 Å². The second kappa shape index (κ2) is 3.05. The van der Waals surface area contributed by atoms with E-state index < -0.39 is 0 Å². The maximum absolute atomic E-state index is 5.46. The average Bonchev–Trinajstić information content (AvgIpc) is 2.37. The molecule has 0 atom stereocenters. The van der Waals surface area contributed by atoms with Crippen LogP contribution >= 0.6 is 0 Å². The number of rotatable bonds is 3. The van der Waals surface area contributed by atoms with Gasteiger partial charge in [-0.1, -0.05) is 19.0 Å². The second-order valence-electron chi connectivity index (χ2n) is 3.31. The lowest BCUT2D eigenvalue weighted by molar-refractivity contribution is 0.377. The van der Waals surface area contributed by atoms with E-state index in [0.29, 0.717) is 6.54 Å². The molecule has 62 valence electrons. The van der Waals surface area contributed by atoms with Crippen molar-refractivity contribution in [3.8, 4) is 0 Å². The molecule has 0 unspecified atom stereocenters. The third-order valence-electron chi connectivity index (χ3n) is 1.90. The molecule has 1 rings (SSSR count). The van der Waals surface area contributed by atoms with E-state index in [9.17, 15) is 0 Å². The first-order valence-electron chi connectivity index (χ1n) is 3.78. The van der Waals surface area contributed by atoms with E-state index in [1.54, 1.807) is 6.26 Å². The largest absolute Gasteiger partial charge is 0.364 e. The summed E-state index contributed by atoms with van der Waals surface area (Å²) < 4.78 is 4.76. The van der Waals surface area contributed by atoms with Crippen molar-refractivity contribution < 1.29 is 4.52 Å². The number of nitrogens with zero attached hydrogens (tertiary/aromatic N) is 1. The van der Waals surface area contributed by atoms with Crippen molar-refractivity contribution in [2.75, 3.05) is 6.54 Å². The lowest BCUT2D eigenvalue weighted by atomic mass is 9.86. The van der Waals surface area contributed by atoms with E-state index >= 15 is 0 Å². The molecule has 0 aromatic carbocycles. The van der Waals surface area contributed by atoms with E-state index in [1.807, 2.05) is 6.07 Å². The van der Waals surface area contributed by atoms with E-state index in [-0.39, 0.29) is 5.41 Å². The molecule has 1 heterocycles. The molecule has 0 aliphatic carbocycles. The van der Waals surface area contributed by atoms with Crippen LogP contribution in [0.25, 0.3) is 0 Å². The SMILES string of the molecule is CC(C)(CCN)c1ccon1.